The highest BCUT2D eigenvalue weighted by Crippen LogP contribution is 2.30. The highest BCUT2D eigenvalue weighted by molar-refractivity contribution is 7.07. The largest absolute Gasteiger partial charge is 0.383 e. The average molecular weight is 559 g/mol. The topological polar surface area (TPSA) is 103 Å². The molecule has 2 aromatic heterocycles. The van der Waals surface area contributed by atoms with Crippen LogP contribution in [0.5, 0.6) is 0 Å². The van der Waals surface area contributed by atoms with Gasteiger partial charge in [0.05, 0.1) is 17.9 Å². The number of carbonyl (C=O) groups is 1. The number of ether oxygens (including phenoxy) is 1. The number of likely N-dealkylation sites (tertiary alicyclic amines) is 1. The van der Waals surface area contributed by atoms with Crippen LogP contribution in [-0.4, -0.2) is 67.6 Å². The number of hydrogen-bond donors (Lipinski definition) is 2. The van der Waals surface area contributed by atoms with Gasteiger partial charge in [-0.1, -0.05) is 11.6 Å². The van der Waals surface area contributed by atoms with Crippen molar-refractivity contribution in [1.82, 2.24) is 20.5 Å². The number of thiophene rings is 1. The number of pyridine rings is 1. The molecule has 1 aliphatic heterocycles. The van der Waals surface area contributed by atoms with Crippen LogP contribution in [0.3, 0.4) is 0 Å². The molecule has 3 rings (SSSR count). The van der Waals surface area contributed by atoms with E-state index in [4.69, 9.17) is 16.3 Å². The number of methoxy groups -OCH3 is 1. The first-order valence-corrected chi connectivity index (χ1v) is 14.5. The van der Waals surface area contributed by atoms with Gasteiger partial charge in [-0.3, -0.25) is 4.79 Å². The number of piperidine rings is 1. The van der Waals surface area contributed by atoms with E-state index in [2.05, 4.69) is 49.3 Å². The third-order valence-electron chi connectivity index (χ3n) is 7.38. The van der Waals surface area contributed by atoms with Gasteiger partial charge >= 0.3 is 0 Å². The Balaban J connectivity index is 1.55. The normalized spacial score (nSPS) is 16.6. The molecule has 38 heavy (non-hydrogen) atoms. The van der Waals surface area contributed by atoms with Crippen LogP contribution in [0.15, 0.2) is 27.9 Å². The molecule has 10 heteroatoms. The summed E-state index contributed by atoms with van der Waals surface area (Å²) in [6.45, 7) is 9.68. The molecule has 1 aliphatic rings. The van der Waals surface area contributed by atoms with Crippen molar-refractivity contribution < 1.29 is 9.53 Å². The fourth-order valence-electron chi connectivity index (χ4n) is 5.29. The highest BCUT2D eigenvalue weighted by atomic mass is 35.5. The van der Waals surface area contributed by atoms with Gasteiger partial charge in [-0.15, -0.1) is 0 Å². The number of hydrogen-bond acceptors (Lipinski definition) is 7. The Hall–Kier alpha value is -2.51. The second-order valence-corrected chi connectivity index (χ2v) is 11.1. The van der Waals surface area contributed by atoms with Crippen molar-refractivity contribution in [3.05, 3.63) is 50.4 Å². The molecule has 3 heterocycles. The number of nitrogens with zero attached hydrogens (tertiary/aromatic N) is 4. The highest BCUT2D eigenvalue weighted by Gasteiger charge is 2.32. The third kappa shape index (κ3) is 8.50. The molecule has 2 atom stereocenters. The first-order chi connectivity index (χ1) is 18.3. The zero-order valence-electron chi connectivity index (χ0n) is 22.8. The van der Waals surface area contributed by atoms with Gasteiger partial charge in [0, 0.05) is 32.2 Å². The van der Waals surface area contributed by atoms with Crippen molar-refractivity contribution in [3.63, 3.8) is 0 Å². The first kappa shape index (κ1) is 30.0. The van der Waals surface area contributed by atoms with Gasteiger partial charge in [-0.25, -0.2) is 4.98 Å². The molecule has 1 amide bonds. The van der Waals surface area contributed by atoms with Crippen LogP contribution in [0, 0.1) is 37.1 Å². The number of amides is 1. The number of amidine groups is 1. The average Bonchev–Trinajstić information content (AvgIpc) is 3.40. The molecule has 0 bridgehead atoms. The molecule has 0 aliphatic carbocycles. The predicted octanol–water partition coefficient (Wildman–Crippen LogP) is 4.61. The van der Waals surface area contributed by atoms with Gasteiger partial charge < -0.3 is 20.3 Å². The Bertz CT molecular complexity index is 1090. The van der Waals surface area contributed by atoms with Crippen LogP contribution in [0.2, 0.25) is 5.15 Å². The van der Waals surface area contributed by atoms with Crippen molar-refractivity contribution >= 4 is 34.7 Å². The fraction of sp³-hybridized carbons (Fsp3) is 0.571. The number of aromatic nitrogens is 1. The van der Waals surface area contributed by atoms with Gasteiger partial charge in [0.15, 0.2) is 0 Å². The van der Waals surface area contributed by atoms with Gasteiger partial charge in [-0.2, -0.15) is 21.6 Å². The van der Waals surface area contributed by atoms with Gasteiger partial charge in [0.2, 0.25) is 6.19 Å². The van der Waals surface area contributed by atoms with Crippen LogP contribution < -0.4 is 10.6 Å². The van der Waals surface area contributed by atoms with E-state index in [9.17, 15) is 10.1 Å². The van der Waals surface area contributed by atoms with Crippen LogP contribution in [0.25, 0.3) is 0 Å². The number of aryl methyl sites for hydroxylation is 2. The lowest BCUT2D eigenvalue weighted by Gasteiger charge is -2.39. The zero-order valence-corrected chi connectivity index (χ0v) is 24.4. The maximum absolute atomic E-state index is 12.8. The minimum atomic E-state index is -0.100. The zero-order chi connectivity index (χ0) is 27.5. The predicted molar refractivity (Wildman–Crippen MR) is 154 cm³/mol. The van der Waals surface area contributed by atoms with Gasteiger partial charge in [-0.05, 0) is 99.5 Å². The molecule has 1 saturated heterocycles. The lowest BCUT2D eigenvalue weighted by Crippen LogP contribution is -2.46. The molecular formula is C28H39ClN6O2S. The summed E-state index contributed by atoms with van der Waals surface area (Å²) in [7, 11) is 1.67. The van der Waals surface area contributed by atoms with E-state index < -0.39 is 0 Å². The summed E-state index contributed by atoms with van der Waals surface area (Å²) < 4.78 is 5.19. The smallest absolute Gasteiger partial charge is 0.253 e. The summed E-state index contributed by atoms with van der Waals surface area (Å²) in [5, 5.41) is 20.5. The van der Waals surface area contributed by atoms with E-state index >= 15 is 0 Å². The number of nitrogens with one attached hydrogen (secondary N) is 2. The van der Waals surface area contributed by atoms with Crippen molar-refractivity contribution in [2.24, 2.45) is 16.8 Å². The molecule has 2 N–H and O–H groups in total. The second kappa shape index (κ2) is 15.2. The molecule has 0 aromatic carbocycles. The number of nitriles is 1. The summed E-state index contributed by atoms with van der Waals surface area (Å²) in [5.74, 6) is 1.27. The van der Waals surface area contributed by atoms with Crippen molar-refractivity contribution in [1.29, 1.82) is 5.26 Å². The first-order valence-electron chi connectivity index (χ1n) is 13.2. The van der Waals surface area contributed by atoms with Crippen LogP contribution >= 0.6 is 22.9 Å². The number of carbonyl (C=O) groups excluding carboxylic acids is 1. The number of rotatable bonds is 12. The van der Waals surface area contributed by atoms with E-state index in [-0.39, 0.29) is 11.8 Å². The lowest BCUT2D eigenvalue weighted by molar-refractivity contribution is 0.0937. The minimum absolute atomic E-state index is 0.100. The minimum Gasteiger partial charge on any atom is -0.383 e. The molecule has 0 radical (unpaired) electrons. The van der Waals surface area contributed by atoms with Crippen molar-refractivity contribution in [3.8, 4) is 6.19 Å². The molecule has 206 valence electrons. The summed E-state index contributed by atoms with van der Waals surface area (Å²) in [5.41, 5.74) is 3.37. The molecule has 1 unspecified atom stereocenters. The van der Waals surface area contributed by atoms with Crippen molar-refractivity contribution in [2.45, 2.75) is 52.5 Å². The standard InChI is InChI=1S/C28H39ClN6O2S/c1-19-15-25(29)34-21(3)26(19)28(36)32-9-5-20(2)35-11-6-23(7-12-35)24(16-22-8-14-38-17-22)27(33-18-30)31-10-13-37-4/h8,14-15,17,20,23-24H,5-7,9-13,16H2,1-4H3,(H,31,33)(H,32,36)/t20-,24?/m1/s1. The molecule has 1 fully saturated rings. The summed E-state index contributed by atoms with van der Waals surface area (Å²) in [6, 6.07) is 4.23. The van der Waals surface area contributed by atoms with E-state index in [0.29, 0.717) is 48.1 Å². The van der Waals surface area contributed by atoms with Gasteiger partial charge in [0.25, 0.3) is 5.91 Å². The van der Waals surface area contributed by atoms with Crippen LogP contribution in [0.1, 0.15) is 53.4 Å². The van der Waals surface area contributed by atoms with E-state index in [1.807, 2.05) is 20.0 Å². The van der Waals surface area contributed by atoms with Crippen molar-refractivity contribution in [2.75, 3.05) is 39.9 Å². The monoisotopic (exact) mass is 558 g/mol. The Kier molecular flexibility index (Phi) is 12.0. The number of aliphatic imine (C=N–C) groups is 1. The maximum Gasteiger partial charge on any atom is 0.253 e. The Morgan fingerprint density at radius 2 is 2.11 bits per heavy atom. The van der Waals surface area contributed by atoms with Gasteiger partial charge in [0.1, 0.15) is 11.0 Å². The quantitative estimate of drug-likeness (QED) is 0.130. The molecular weight excluding hydrogens is 520 g/mol. The fourth-order valence-corrected chi connectivity index (χ4v) is 6.27. The lowest BCUT2D eigenvalue weighted by atomic mass is 9.79. The Labute approximate surface area is 235 Å². The maximum atomic E-state index is 12.8. The summed E-state index contributed by atoms with van der Waals surface area (Å²) in [4.78, 5) is 23.7. The Morgan fingerprint density at radius 3 is 2.74 bits per heavy atom. The van der Waals surface area contributed by atoms with Crippen LogP contribution in [0.4, 0.5) is 0 Å². The second-order valence-electron chi connectivity index (χ2n) is 9.95. The SMILES string of the molecule is COCCN/C(=N\C#N)C(Cc1ccsc1)C1CCN([C@H](C)CCNC(=O)c2c(C)cc(Cl)nc2C)CC1. The van der Waals surface area contributed by atoms with Crippen LogP contribution in [-0.2, 0) is 11.2 Å². The van der Waals surface area contributed by atoms with E-state index in [0.717, 1.165) is 50.2 Å². The summed E-state index contributed by atoms with van der Waals surface area (Å²) >= 11 is 7.70. The van der Waals surface area contributed by atoms with E-state index in [1.165, 1.54) is 5.56 Å². The molecule has 0 spiro atoms. The number of halogens is 1. The third-order valence-corrected chi connectivity index (χ3v) is 8.30. The molecule has 0 saturated carbocycles. The molecule has 2 aromatic rings. The summed E-state index contributed by atoms with van der Waals surface area (Å²) in [6.07, 6.45) is 5.82. The molecule has 8 nitrogen and oxygen atoms in total. The Morgan fingerprint density at radius 1 is 1.34 bits per heavy atom. The van der Waals surface area contributed by atoms with E-state index in [1.54, 1.807) is 24.5 Å².